The first-order chi connectivity index (χ1) is 11.4. The highest BCUT2D eigenvalue weighted by Gasteiger charge is 2.46. The van der Waals surface area contributed by atoms with Gasteiger partial charge in [0.15, 0.2) is 0 Å². The maximum absolute atomic E-state index is 12.3. The van der Waals surface area contributed by atoms with E-state index in [-0.39, 0.29) is 19.1 Å². The van der Waals surface area contributed by atoms with Crippen molar-refractivity contribution in [2.75, 3.05) is 26.8 Å². The van der Waals surface area contributed by atoms with Crippen LogP contribution in [0.1, 0.15) is 24.8 Å². The summed E-state index contributed by atoms with van der Waals surface area (Å²) in [4.78, 5) is 25.4. The number of likely N-dealkylation sites (tertiary alicyclic amines) is 1. The van der Waals surface area contributed by atoms with E-state index in [4.69, 9.17) is 27.9 Å². The summed E-state index contributed by atoms with van der Waals surface area (Å²) in [6.45, 7) is 0.790. The molecule has 1 aromatic rings. The fraction of sp³-hybridized carbons (Fsp3) is 0.529. The van der Waals surface area contributed by atoms with Crippen molar-refractivity contribution in [1.82, 2.24) is 4.90 Å². The molecule has 0 aromatic heterocycles. The number of carbonyl (C=O) groups excluding carboxylic acids is 1. The Balaban J connectivity index is 1.85. The van der Waals surface area contributed by atoms with Crippen molar-refractivity contribution in [3.05, 3.63) is 33.8 Å². The van der Waals surface area contributed by atoms with Gasteiger partial charge in [0.1, 0.15) is 5.41 Å². The van der Waals surface area contributed by atoms with Gasteiger partial charge in [-0.25, -0.2) is 0 Å². The molecule has 0 aliphatic carbocycles. The quantitative estimate of drug-likeness (QED) is 0.796. The third kappa shape index (κ3) is 4.41. The Kier molecular flexibility index (Phi) is 6.49. The maximum atomic E-state index is 12.3. The molecule has 0 radical (unpaired) electrons. The second-order valence-electron chi connectivity index (χ2n) is 6.19. The van der Waals surface area contributed by atoms with Crippen LogP contribution in [-0.4, -0.2) is 48.7 Å². The van der Waals surface area contributed by atoms with Crippen LogP contribution in [0.5, 0.6) is 0 Å². The highest BCUT2D eigenvalue weighted by atomic mass is 35.5. The topological polar surface area (TPSA) is 66.8 Å². The van der Waals surface area contributed by atoms with Gasteiger partial charge < -0.3 is 14.7 Å². The predicted molar refractivity (Wildman–Crippen MR) is 92.5 cm³/mol. The summed E-state index contributed by atoms with van der Waals surface area (Å²) in [6.07, 6.45) is 2.20. The van der Waals surface area contributed by atoms with Crippen molar-refractivity contribution in [3.63, 3.8) is 0 Å². The fourth-order valence-electron chi connectivity index (χ4n) is 3.01. The smallest absolute Gasteiger partial charge is 0.313 e. The Labute approximate surface area is 151 Å². The number of ether oxygens (including phenoxy) is 1. The van der Waals surface area contributed by atoms with Crippen molar-refractivity contribution < 1.29 is 19.4 Å². The lowest BCUT2D eigenvalue weighted by atomic mass is 9.88. The van der Waals surface area contributed by atoms with Crippen molar-refractivity contribution in [1.29, 1.82) is 0 Å². The Morgan fingerprint density at radius 1 is 1.33 bits per heavy atom. The Morgan fingerprint density at radius 3 is 2.71 bits per heavy atom. The monoisotopic (exact) mass is 373 g/mol. The normalized spacial score (nSPS) is 20.4. The number of carboxylic acid groups (broad SMARTS) is 1. The molecule has 5 nitrogen and oxygen atoms in total. The second kappa shape index (κ2) is 8.19. The molecule has 1 aliphatic rings. The number of aliphatic carboxylic acids is 1. The van der Waals surface area contributed by atoms with Crippen LogP contribution >= 0.6 is 23.2 Å². The summed E-state index contributed by atoms with van der Waals surface area (Å²) in [6, 6.07) is 5.44. The van der Waals surface area contributed by atoms with Crippen molar-refractivity contribution in [3.8, 4) is 0 Å². The van der Waals surface area contributed by atoms with Gasteiger partial charge in [0.05, 0.1) is 16.7 Å². The van der Waals surface area contributed by atoms with Crippen molar-refractivity contribution in [2.45, 2.75) is 25.7 Å². The first-order valence-electron chi connectivity index (χ1n) is 7.82. The van der Waals surface area contributed by atoms with Crippen LogP contribution in [0.2, 0.25) is 10.0 Å². The van der Waals surface area contributed by atoms with Gasteiger partial charge in [-0.05, 0) is 37.0 Å². The van der Waals surface area contributed by atoms with Gasteiger partial charge in [0.25, 0.3) is 0 Å². The van der Waals surface area contributed by atoms with Gasteiger partial charge in [-0.15, -0.1) is 0 Å². The number of nitrogens with zero attached hydrogens (tertiary/aromatic N) is 1. The van der Waals surface area contributed by atoms with E-state index < -0.39 is 11.4 Å². The molecule has 1 amide bonds. The number of carboxylic acids is 1. The SMILES string of the molecule is COCC1(C(=O)O)CCN(C(=O)CCCc2ccc(Cl)c(Cl)c2)C1. The summed E-state index contributed by atoms with van der Waals surface area (Å²) < 4.78 is 5.04. The van der Waals surface area contributed by atoms with E-state index in [9.17, 15) is 14.7 Å². The van der Waals surface area contributed by atoms with E-state index in [1.165, 1.54) is 7.11 Å². The van der Waals surface area contributed by atoms with Crippen LogP contribution in [0.4, 0.5) is 0 Å². The molecule has 1 heterocycles. The Hall–Kier alpha value is -1.30. The van der Waals surface area contributed by atoms with E-state index in [1.807, 2.05) is 6.07 Å². The maximum Gasteiger partial charge on any atom is 0.313 e. The number of hydrogen-bond acceptors (Lipinski definition) is 3. The van der Waals surface area contributed by atoms with Gasteiger partial charge >= 0.3 is 5.97 Å². The third-order valence-electron chi connectivity index (χ3n) is 4.42. The van der Waals surface area contributed by atoms with Crippen LogP contribution in [-0.2, 0) is 20.7 Å². The number of amides is 1. The molecule has 132 valence electrons. The molecule has 1 N–H and O–H groups in total. The standard InChI is InChI=1S/C17H21Cl2NO4/c1-24-11-17(16(22)23)7-8-20(10-17)15(21)4-2-3-12-5-6-13(18)14(19)9-12/h5-6,9H,2-4,7-8,10-11H2,1H3,(H,22,23). The largest absolute Gasteiger partial charge is 0.481 e. The zero-order chi connectivity index (χ0) is 17.7. The Bertz CT molecular complexity index is 623. The molecule has 1 saturated heterocycles. The molecule has 1 aromatic carbocycles. The lowest BCUT2D eigenvalue weighted by molar-refractivity contribution is -0.151. The first-order valence-corrected chi connectivity index (χ1v) is 8.57. The Morgan fingerprint density at radius 2 is 2.08 bits per heavy atom. The molecule has 0 saturated carbocycles. The van der Waals surface area contributed by atoms with Crippen LogP contribution in [0.25, 0.3) is 0 Å². The molecule has 0 spiro atoms. The lowest BCUT2D eigenvalue weighted by Crippen LogP contribution is -2.40. The molecule has 1 fully saturated rings. The van der Waals surface area contributed by atoms with E-state index in [0.717, 1.165) is 12.0 Å². The lowest BCUT2D eigenvalue weighted by Gasteiger charge is -2.23. The zero-order valence-corrected chi connectivity index (χ0v) is 15.1. The van der Waals surface area contributed by atoms with Gasteiger partial charge in [-0.1, -0.05) is 29.3 Å². The van der Waals surface area contributed by atoms with Gasteiger partial charge in [0.2, 0.25) is 5.91 Å². The fourth-order valence-corrected chi connectivity index (χ4v) is 3.33. The summed E-state index contributed by atoms with van der Waals surface area (Å²) in [5, 5.41) is 10.4. The molecule has 2 rings (SSSR count). The van der Waals surface area contributed by atoms with E-state index in [0.29, 0.717) is 35.9 Å². The molecule has 1 atom stereocenters. The average molecular weight is 374 g/mol. The number of carbonyl (C=O) groups is 2. The molecule has 1 unspecified atom stereocenters. The highest BCUT2D eigenvalue weighted by molar-refractivity contribution is 6.42. The van der Waals surface area contributed by atoms with E-state index in [2.05, 4.69) is 0 Å². The molecule has 7 heteroatoms. The van der Waals surface area contributed by atoms with Crippen molar-refractivity contribution in [2.24, 2.45) is 5.41 Å². The predicted octanol–water partition coefficient (Wildman–Crippen LogP) is 3.27. The van der Waals surface area contributed by atoms with Gasteiger partial charge in [-0.3, -0.25) is 9.59 Å². The van der Waals surface area contributed by atoms with Crippen molar-refractivity contribution >= 4 is 35.1 Å². The first kappa shape index (κ1) is 19.0. The number of aryl methyl sites for hydroxylation is 1. The van der Waals surface area contributed by atoms with Crippen LogP contribution in [0.15, 0.2) is 18.2 Å². The van der Waals surface area contributed by atoms with Crippen LogP contribution in [0, 0.1) is 5.41 Å². The summed E-state index contributed by atoms with van der Waals surface area (Å²) in [5.74, 6) is -0.926. The van der Waals surface area contributed by atoms with Crippen LogP contribution in [0.3, 0.4) is 0 Å². The third-order valence-corrected chi connectivity index (χ3v) is 5.16. The van der Waals surface area contributed by atoms with E-state index in [1.54, 1.807) is 17.0 Å². The minimum atomic E-state index is -0.978. The number of benzene rings is 1. The minimum absolute atomic E-state index is 0.0192. The minimum Gasteiger partial charge on any atom is -0.481 e. The summed E-state index contributed by atoms with van der Waals surface area (Å²) >= 11 is 11.9. The number of rotatable bonds is 7. The average Bonchev–Trinajstić information content (AvgIpc) is 2.97. The second-order valence-corrected chi connectivity index (χ2v) is 7.00. The molecular weight excluding hydrogens is 353 g/mol. The molecular formula is C17H21Cl2NO4. The van der Waals surface area contributed by atoms with Gasteiger partial charge in [-0.2, -0.15) is 0 Å². The summed E-state index contributed by atoms with van der Waals surface area (Å²) in [7, 11) is 1.48. The van der Waals surface area contributed by atoms with Gasteiger partial charge in [0, 0.05) is 26.6 Å². The zero-order valence-electron chi connectivity index (χ0n) is 13.6. The van der Waals surface area contributed by atoms with E-state index >= 15 is 0 Å². The highest BCUT2D eigenvalue weighted by Crippen LogP contribution is 2.32. The molecule has 24 heavy (non-hydrogen) atoms. The molecule has 1 aliphatic heterocycles. The number of methoxy groups -OCH3 is 1. The van der Waals surface area contributed by atoms with Crippen LogP contribution < -0.4 is 0 Å². The molecule has 0 bridgehead atoms. The number of hydrogen-bond donors (Lipinski definition) is 1. The number of halogens is 2. The summed E-state index contributed by atoms with van der Waals surface area (Å²) in [5.41, 5.74) is 0.0478.